The first-order valence-corrected chi connectivity index (χ1v) is 12.2. The first-order chi connectivity index (χ1) is 10.6. The fourth-order valence-electron chi connectivity index (χ4n) is 2.57. The normalized spacial score (nSPS) is 13.8. The molecule has 7 heteroatoms. The Kier molecular flexibility index (Phi) is 9.46. The number of hydrogen-bond donors (Lipinski definition) is 0. The minimum atomic E-state index is -1.50. The lowest BCUT2D eigenvalue weighted by Crippen LogP contribution is -2.59. The number of hydrogen-bond acceptors (Lipinski definition) is 6. The molecule has 0 fully saturated rings. The van der Waals surface area contributed by atoms with Gasteiger partial charge in [0, 0.05) is 5.75 Å². The fourth-order valence-corrected chi connectivity index (χ4v) is 4.60. The molecule has 0 aliphatic carbocycles. The molecule has 0 aromatic rings. The van der Waals surface area contributed by atoms with Crippen LogP contribution in [0.2, 0.25) is 13.1 Å². The Bertz CT molecular complexity index is 374. The molecule has 0 radical (unpaired) electrons. The average molecular weight is 365 g/mol. The first-order valence-electron chi connectivity index (χ1n) is 8.06. The van der Waals surface area contributed by atoms with Gasteiger partial charge in [0.15, 0.2) is 14.5 Å². The molecule has 0 N–H and O–H groups in total. The summed E-state index contributed by atoms with van der Waals surface area (Å²) in [5, 5.41) is 0. The van der Waals surface area contributed by atoms with Crippen LogP contribution in [0.1, 0.15) is 34.6 Å². The Balaban J connectivity index is 6.19. The van der Waals surface area contributed by atoms with E-state index in [2.05, 4.69) is 0 Å². The highest BCUT2D eigenvalue weighted by atomic mass is 32.2. The van der Waals surface area contributed by atoms with E-state index >= 15 is 0 Å². The highest BCUT2D eigenvalue weighted by Gasteiger charge is 2.59. The second kappa shape index (κ2) is 9.69. The molecule has 0 saturated carbocycles. The van der Waals surface area contributed by atoms with Crippen LogP contribution in [0.25, 0.3) is 0 Å². The maximum Gasteiger partial charge on any atom is 0.327 e. The summed E-state index contributed by atoms with van der Waals surface area (Å²) < 4.78 is 16.7. The number of esters is 2. The van der Waals surface area contributed by atoms with Gasteiger partial charge in [-0.2, -0.15) is 11.8 Å². The third-order valence-corrected chi connectivity index (χ3v) is 4.85. The Hall–Kier alpha value is -0.533. The van der Waals surface area contributed by atoms with Crippen molar-refractivity contribution in [1.82, 2.24) is 0 Å². The molecule has 1 atom stereocenters. The minimum Gasteiger partial charge on any atom is -0.465 e. The fraction of sp³-hybridized carbons (Fsp3) is 0.875. The van der Waals surface area contributed by atoms with Crippen LogP contribution in [0.3, 0.4) is 0 Å². The monoisotopic (exact) mass is 364 g/mol. The molecule has 1 unspecified atom stereocenters. The molecule has 0 aromatic carbocycles. The topological polar surface area (TPSA) is 61.8 Å². The zero-order valence-electron chi connectivity index (χ0n) is 15.7. The molecule has 0 saturated heterocycles. The van der Waals surface area contributed by atoms with Gasteiger partial charge in [-0.25, -0.2) is 0 Å². The lowest BCUT2D eigenvalue weighted by molar-refractivity contribution is -0.182. The molecule has 0 bridgehead atoms. The summed E-state index contributed by atoms with van der Waals surface area (Å²) >= 11 is 1.42. The molecule has 5 nitrogen and oxygen atoms in total. The van der Waals surface area contributed by atoms with E-state index < -0.39 is 37.9 Å². The predicted molar refractivity (Wildman–Crippen MR) is 97.3 cm³/mol. The van der Waals surface area contributed by atoms with Gasteiger partial charge in [-0.1, -0.05) is 20.8 Å². The van der Waals surface area contributed by atoms with E-state index in [9.17, 15) is 9.59 Å². The molecule has 0 aromatic heterocycles. The molecule has 23 heavy (non-hydrogen) atoms. The standard InChI is InChI=1S/C16H32O5SSi/c1-9-19-13(17)16(11-22-6,14(18)20-10-2)12(15(3,4)5)21-23(7)8/h12,23H,9-11H2,1-8H3. The van der Waals surface area contributed by atoms with Crippen LogP contribution < -0.4 is 0 Å². The van der Waals surface area contributed by atoms with Gasteiger partial charge in [-0.15, -0.1) is 0 Å². The van der Waals surface area contributed by atoms with E-state index in [1.54, 1.807) is 13.8 Å². The van der Waals surface area contributed by atoms with Crippen molar-refractivity contribution in [2.24, 2.45) is 10.8 Å². The number of carbonyl (C=O) groups is 2. The van der Waals surface area contributed by atoms with Crippen LogP contribution in [-0.2, 0) is 23.5 Å². The van der Waals surface area contributed by atoms with Gasteiger partial charge in [-0.05, 0) is 38.6 Å². The van der Waals surface area contributed by atoms with E-state index in [-0.39, 0.29) is 19.0 Å². The van der Waals surface area contributed by atoms with E-state index in [1.165, 1.54) is 11.8 Å². The number of ether oxygens (including phenoxy) is 2. The summed E-state index contributed by atoms with van der Waals surface area (Å²) in [6.07, 6.45) is 1.27. The quantitative estimate of drug-likeness (QED) is 0.356. The van der Waals surface area contributed by atoms with Gasteiger partial charge in [0.25, 0.3) is 0 Å². The van der Waals surface area contributed by atoms with Gasteiger partial charge < -0.3 is 13.9 Å². The highest BCUT2D eigenvalue weighted by Crippen LogP contribution is 2.41. The van der Waals surface area contributed by atoms with Gasteiger partial charge in [-0.3, -0.25) is 9.59 Å². The largest absolute Gasteiger partial charge is 0.465 e. The lowest BCUT2D eigenvalue weighted by Gasteiger charge is -2.43. The minimum absolute atomic E-state index is 0.213. The number of carbonyl (C=O) groups excluding carboxylic acids is 2. The van der Waals surface area contributed by atoms with Crippen LogP contribution in [0.15, 0.2) is 0 Å². The van der Waals surface area contributed by atoms with Gasteiger partial charge in [0.2, 0.25) is 0 Å². The van der Waals surface area contributed by atoms with E-state index in [0.717, 1.165) is 0 Å². The van der Waals surface area contributed by atoms with Crippen LogP contribution >= 0.6 is 11.8 Å². The highest BCUT2D eigenvalue weighted by molar-refractivity contribution is 7.98. The van der Waals surface area contributed by atoms with Crippen molar-refractivity contribution in [1.29, 1.82) is 0 Å². The predicted octanol–water partition coefficient (Wildman–Crippen LogP) is 2.88. The smallest absolute Gasteiger partial charge is 0.327 e. The summed E-state index contributed by atoms with van der Waals surface area (Å²) in [6.45, 7) is 13.9. The maximum absolute atomic E-state index is 12.8. The molecule has 0 rings (SSSR count). The van der Waals surface area contributed by atoms with Crippen LogP contribution in [0, 0.1) is 10.8 Å². The summed E-state index contributed by atoms with van der Waals surface area (Å²) in [4.78, 5) is 25.7. The second-order valence-electron chi connectivity index (χ2n) is 6.78. The maximum atomic E-state index is 12.8. The van der Waals surface area contributed by atoms with E-state index in [1.807, 2.05) is 40.1 Å². The summed E-state index contributed by atoms with van der Waals surface area (Å²) in [6, 6.07) is 0. The molecule has 0 aliphatic heterocycles. The molecular weight excluding hydrogens is 332 g/mol. The van der Waals surface area contributed by atoms with Crippen molar-refractivity contribution in [3.8, 4) is 0 Å². The number of thioether (sulfide) groups is 1. The van der Waals surface area contributed by atoms with Crippen molar-refractivity contribution in [3.63, 3.8) is 0 Å². The molecule has 0 amide bonds. The van der Waals surface area contributed by atoms with Crippen LogP contribution in [0.4, 0.5) is 0 Å². The Labute approximate surface area is 146 Å². The third kappa shape index (κ3) is 5.80. The zero-order valence-corrected chi connectivity index (χ0v) is 17.7. The van der Waals surface area contributed by atoms with Gasteiger partial charge in [0.1, 0.15) is 0 Å². The van der Waals surface area contributed by atoms with E-state index in [4.69, 9.17) is 13.9 Å². The SMILES string of the molecule is CCOC(=O)C(CSC)(C(=O)OCC)C(O[SiH](C)C)C(C)(C)C. The first kappa shape index (κ1) is 22.5. The summed E-state index contributed by atoms with van der Waals surface area (Å²) in [5.41, 5.74) is -1.85. The molecular formula is C16H32O5SSi. The summed E-state index contributed by atoms with van der Waals surface area (Å²) in [5.74, 6) is -0.835. The number of rotatable bonds is 9. The lowest BCUT2D eigenvalue weighted by atomic mass is 9.71. The second-order valence-corrected chi connectivity index (χ2v) is 10.0. The van der Waals surface area contributed by atoms with Crippen molar-refractivity contribution >= 4 is 32.7 Å². The van der Waals surface area contributed by atoms with Gasteiger partial charge >= 0.3 is 11.9 Å². The van der Waals surface area contributed by atoms with Crippen molar-refractivity contribution in [2.75, 3.05) is 25.2 Å². The summed E-state index contributed by atoms with van der Waals surface area (Å²) in [7, 11) is -1.50. The zero-order chi connectivity index (χ0) is 18.3. The third-order valence-electron chi connectivity index (χ3n) is 3.29. The van der Waals surface area contributed by atoms with Crippen molar-refractivity contribution < 1.29 is 23.5 Å². The Morgan fingerprint density at radius 1 is 1.04 bits per heavy atom. The van der Waals surface area contributed by atoms with Crippen molar-refractivity contribution in [3.05, 3.63) is 0 Å². The Morgan fingerprint density at radius 2 is 1.48 bits per heavy atom. The van der Waals surface area contributed by atoms with Gasteiger partial charge in [0.05, 0.1) is 19.3 Å². The van der Waals surface area contributed by atoms with Crippen LogP contribution in [-0.4, -0.2) is 52.3 Å². The van der Waals surface area contributed by atoms with Crippen LogP contribution in [0.5, 0.6) is 0 Å². The van der Waals surface area contributed by atoms with Crippen molar-refractivity contribution in [2.45, 2.75) is 53.8 Å². The Morgan fingerprint density at radius 3 is 1.74 bits per heavy atom. The molecule has 0 heterocycles. The molecule has 0 aliphatic rings. The van der Waals surface area contributed by atoms with E-state index in [0.29, 0.717) is 0 Å². The molecule has 0 spiro atoms. The average Bonchev–Trinajstić information content (AvgIpc) is 2.41. The molecule has 136 valence electrons.